The van der Waals surface area contributed by atoms with E-state index in [1.165, 1.54) is 18.2 Å². The minimum Gasteiger partial charge on any atom is -0.368 e. The van der Waals surface area contributed by atoms with Crippen LogP contribution in [0.2, 0.25) is 0 Å². The Morgan fingerprint density at radius 2 is 1.78 bits per heavy atom. The first-order valence-electron chi connectivity index (χ1n) is 10.9. The number of halogens is 1. The molecule has 2 aliphatic rings. The third-order valence-corrected chi connectivity index (χ3v) is 7.24. The number of hydrogen-bond acceptors (Lipinski definition) is 5. The van der Waals surface area contributed by atoms with Gasteiger partial charge in [0.25, 0.3) is 10.0 Å². The van der Waals surface area contributed by atoms with Gasteiger partial charge < -0.3 is 9.80 Å². The molecule has 1 unspecified atom stereocenters. The second-order valence-corrected chi connectivity index (χ2v) is 9.68. The number of hydrogen-bond donors (Lipinski definition) is 1. The molecule has 7 nitrogen and oxygen atoms in total. The van der Waals surface area contributed by atoms with Crippen molar-refractivity contribution in [3.8, 4) is 0 Å². The minimum atomic E-state index is -3.65. The van der Waals surface area contributed by atoms with Crippen LogP contribution in [0.4, 0.5) is 10.1 Å². The molecule has 1 atom stereocenters. The molecular weight excluding hydrogens is 431 g/mol. The summed E-state index contributed by atoms with van der Waals surface area (Å²) in [4.78, 5) is 22.0. The van der Waals surface area contributed by atoms with Gasteiger partial charge in [0, 0.05) is 37.4 Å². The number of benzene rings is 2. The average Bonchev–Trinajstić information content (AvgIpc) is 3.07. The van der Waals surface area contributed by atoms with Crippen LogP contribution >= 0.6 is 0 Å². The van der Waals surface area contributed by atoms with Crippen LogP contribution in [0.25, 0.3) is 0 Å². The third-order valence-electron chi connectivity index (χ3n) is 5.85. The highest BCUT2D eigenvalue weighted by Gasteiger charge is 2.33. The predicted octanol–water partition coefficient (Wildman–Crippen LogP) is 2.77. The molecule has 0 bridgehead atoms. The monoisotopic (exact) mass is 458 g/mol. The van der Waals surface area contributed by atoms with E-state index in [2.05, 4.69) is 14.6 Å². The molecule has 170 valence electrons. The number of nitrogens with one attached hydrogen (secondary N) is 1. The Kier molecular flexibility index (Phi) is 6.45. The standard InChI is InChI=1S/C23H27FN4O3S/c1-2-3-7-20(25-22-19-6-4-5-8-21(19)32(30,31)26-22)23(29)28-15-13-27(14-16-28)18-11-9-17(24)10-12-18/h4-6,8-12,20H,2-3,7,13-16H2,1H3,(H,25,26). The molecule has 0 saturated carbocycles. The van der Waals surface area contributed by atoms with Gasteiger partial charge in [-0.05, 0) is 42.8 Å². The Bertz CT molecular complexity index is 1110. The Labute approximate surface area is 188 Å². The molecule has 2 heterocycles. The second kappa shape index (κ2) is 9.28. The fourth-order valence-electron chi connectivity index (χ4n) is 4.07. The summed E-state index contributed by atoms with van der Waals surface area (Å²) in [6, 6.07) is 12.4. The Morgan fingerprint density at radius 3 is 2.47 bits per heavy atom. The van der Waals surface area contributed by atoms with E-state index in [4.69, 9.17) is 0 Å². The van der Waals surface area contributed by atoms with Crippen molar-refractivity contribution >= 4 is 27.5 Å². The minimum absolute atomic E-state index is 0.0896. The topological polar surface area (TPSA) is 82.1 Å². The van der Waals surface area contributed by atoms with Gasteiger partial charge >= 0.3 is 0 Å². The quantitative estimate of drug-likeness (QED) is 0.722. The molecule has 1 N–H and O–H groups in total. The fraction of sp³-hybridized carbons (Fsp3) is 0.391. The summed E-state index contributed by atoms with van der Waals surface area (Å²) in [5.41, 5.74) is 1.43. The van der Waals surface area contributed by atoms with E-state index in [1.807, 2.05) is 6.92 Å². The maximum absolute atomic E-state index is 13.3. The van der Waals surface area contributed by atoms with Gasteiger partial charge in [-0.1, -0.05) is 31.9 Å². The van der Waals surface area contributed by atoms with E-state index in [0.717, 1.165) is 18.5 Å². The number of amidine groups is 1. The van der Waals surface area contributed by atoms with Crippen LogP contribution in [-0.4, -0.2) is 57.3 Å². The highest BCUT2D eigenvalue weighted by atomic mass is 32.2. The molecule has 4 rings (SSSR count). The van der Waals surface area contributed by atoms with Gasteiger partial charge in [0.2, 0.25) is 5.91 Å². The van der Waals surface area contributed by atoms with Gasteiger partial charge in [-0.25, -0.2) is 12.8 Å². The van der Waals surface area contributed by atoms with E-state index >= 15 is 0 Å². The second-order valence-electron chi connectivity index (χ2n) is 8.03. The first-order valence-corrected chi connectivity index (χ1v) is 12.4. The molecule has 32 heavy (non-hydrogen) atoms. The van der Waals surface area contributed by atoms with Crippen molar-refractivity contribution in [1.29, 1.82) is 0 Å². The van der Waals surface area contributed by atoms with Gasteiger partial charge in [0.15, 0.2) is 0 Å². The van der Waals surface area contributed by atoms with Crippen molar-refractivity contribution in [2.75, 3.05) is 31.1 Å². The van der Waals surface area contributed by atoms with Gasteiger partial charge in [0.1, 0.15) is 17.7 Å². The lowest BCUT2D eigenvalue weighted by Gasteiger charge is -2.37. The van der Waals surface area contributed by atoms with Crippen molar-refractivity contribution in [2.24, 2.45) is 4.99 Å². The van der Waals surface area contributed by atoms with E-state index in [1.54, 1.807) is 35.2 Å². The maximum Gasteiger partial charge on any atom is 0.263 e. The summed E-state index contributed by atoms with van der Waals surface area (Å²) in [7, 11) is -3.65. The largest absolute Gasteiger partial charge is 0.368 e. The van der Waals surface area contributed by atoms with Crippen molar-refractivity contribution in [1.82, 2.24) is 9.62 Å². The highest BCUT2D eigenvalue weighted by molar-refractivity contribution is 7.90. The number of aliphatic imine (C=N–C) groups is 1. The summed E-state index contributed by atoms with van der Waals surface area (Å²) in [5.74, 6) is -0.127. The van der Waals surface area contributed by atoms with Crippen LogP contribution in [0.1, 0.15) is 31.7 Å². The van der Waals surface area contributed by atoms with Crippen LogP contribution in [0.5, 0.6) is 0 Å². The summed E-state index contributed by atoms with van der Waals surface area (Å²) in [5, 5.41) is 0. The van der Waals surface area contributed by atoms with Crippen LogP contribution in [0.15, 0.2) is 58.4 Å². The Hall–Kier alpha value is -2.94. The molecule has 2 aromatic rings. The van der Waals surface area contributed by atoms with Gasteiger partial charge in [-0.3, -0.25) is 14.5 Å². The number of fused-ring (bicyclic) bond motifs is 1. The van der Waals surface area contributed by atoms with Crippen LogP contribution < -0.4 is 9.62 Å². The lowest BCUT2D eigenvalue weighted by atomic mass is 10.1. The van der Waals surface area contributed by atoms with Crippen LogP contribution in [0, 0.1) is 5.82 Å². The first-order chi connectivity index (χ1) is 15.4. The number of nitrogens with zero attached hydrogens (tertiary/aromatic N) is 3. The van der Waals surface area contributed by atoms with E-state index in [9.17, 15) is 17.6 Å². The number of amides is 1. The zero-order valence-electron chi connectivity index (χ0n) is 18.0. The highest BCUT2D eigenvalue weighted by Crippen LogP contribution is 2.24. The van der Waals surface area contributed by atoms with Crippen molar-refractivity contribution < 1.29 is 17.6 Å². The predicted molar refractivity (Wildman–Crippen MR) is 122 cm³/mol. The molecule has 0 radical (unpaired) electrons. The summed E-state index contributed by atoms with van der Waals surface area (Å²) in [6.45, 7) is 4.40. The van der Waals surface area contributed by atoms with E-state index in [-0.39, 0.29) is 22.5 Å². The normalized spacial score (nSPS) is 19.5. The average molecular weight is 459 g/mol. The lowest BCUT2D eigenvalue weighted by molar-refractivity contribution is -0.133. The lowest BCUT2D eigenvalue weighted by Crippen LogP contribution is -2.51. The zero-order chi connectivity index (χ0) is 22.7. The smallest absolute Gasteiger partial charge is 0.263 e. The van der Waals surface area contributed by atoms with Gasteiger partial charge in [0.05, 0.1) is 4.90 Å². The van der Waals surface area contributed by atoms with Gasteiger partial charge in [-0.15, -0.1) is 0 Å². The number of carbonyl (C=O) groups excluding carboxylic acids is 1. The molecular formula is C23H27FN4O3S. The Morgan fingerprint density at radius 1 is 1.09 bits per heavy atom. The van der Waals surface area contributed by atoms with Gasteiger partial charge in [-0.2, -0.15) is 0 Å². The molecule has 2 aliphatic heterocycles. The van der Waals surface area contributed by atoms with Crippen molar-refractivity contribution in [2.45, 2.75) is 37.1 Å². The third kappa shape index (κ3) is 4.62. The molecule has 0 aromatic heterocycles. The van der Waals surface area contributed by atoms with Crippen molar-refractivity contribution in [3.05, 3.63) is 59.9 Å². The molecule has 2 aromatic carbocycles. The molecule has 1 amide bonds. The fourth-order valence-corrected chi connectivity index (χ4v) is 5.31. The number of rotatable bonds is 6. The molecule has 0 aliphatic carbocycles. The zero-order valence-corrected chi connectivity index (χ0v) is 18.8. The number of anilines is 1. The number of unbranched alkanes of at least 4 members (excludes halogenated alkanes) is 1. The summed E-state index contributed by atoms with van der Waals surface area (Å²) in [6.07, 6.45) is 2.29. The van der Waals surface area contributed by atoms with Crippen LogP contribution in [-0.2, 0) is 14.8 Å². The number of sulfonamides is 1. The molecule has 0 spiro atoms. The van der Waals surface area contributed by atoms with Crippen molar-refractivity contribution in [3.63, 3.8) is 0 Å². The molecule has 9 heteroatoms. The first kappa shape index (κ1) is 22.3. The summed E-state index contributed by atoms with van der Waals surface area (Å²) < 4.78 is 40.5. The molecule has 1 fully saturated rings. The summed E-state index contributed by atoms with van der Waals surface area (Å²) >= 11 is 0. The maximum atomic E-state index is 13.3. The number of carbonyl (C=O) groups is 1. The number of piperazine rings is 1. The van der Waals surface area contributed by atoms with E-state index in [0.29, 0.717) is 38.2 Å². The Balaban J connectivity index is 1.50. The SMILES string of the molecule is CCCCC(N=C1NS(=O)(=O)c2ccccc21)C(=O)N1CCN(c2ccc(F)cc2)CC1. The van der Waals surface area contributed by atoms with E-state index < -0.39 is 16.1 Å². The molecule has 1 saturated heterocycles. The van der Waals surface area contributed by atoms with Crippen LogP contribution in [0.3, 0.4) is 0 Å².